The van der Waals surface area contributed by atoms with Crippen LogP contribution >= 0.6 is 11.6 Å². The highest BCUT2D eigenvalue weighted by Crippen LogP contribution is 2.33. The van der Waals surface area contributed by atoms with E-state index in [-0.39, 0.29) is 5.60 Å². The summed E-state index contributed by atoms with van der Waals surface area (Å²) < 4.78 is 6.21. The van der Waals surface area contributed by atoms with Crippen molar-refractivity contribution in [3.8, 4) is 5.75 Å². The van der Waals surface area contributed by atoms with E-state index in [1.165, 1.54) is 5.56 Å². The van der Waals surface area contributed by atoms with Crippen LogP contribution in [0.4, 0.5) is 0 Å². The minimum atomic E-state index is -0.236. The zero-order valence-corrected chi connectivity index (χ0v) is 13.7. The molecule has 0 radical (unpaired) electrons. The number of nitrogens with one attached hydrogen (secondary N) is 1. The summed E-state index contributed by atoms with van der Waals surface area (Å²) in [5, 5.41) is 4.14. The summed E-state index contributed by atoms with van der Waals surface area (Å²) in [6.07, 6.45) is 0. The van der Waals surface area contributed by atoms with Gasteiger partial charge in [-0.1, -0.05) is 32.4 Å². The minimum absolute atomic E-state index is 0.236. The third-order valence-corrected chi connectivity index (χ3v) is 3.51. The number of hydrogen-bond acceptors (Lipinski definition) is 2. The quantitative estimate of drug-likeness (QED) is 0.828. The molecule has 0 atom stereocenters. The predicted molar refractivity (Wildman–Crippen MR) is 83.5 cm³/mol. The van der Waals surface area contributed by atoms with Crippen LogP contribution in [0, 0.1) is 6.92 Å². The van der Waals surface area contributed by atoms with Crippen LogP contribution in [0.1, 0.15) is 51.7 Å². The van der Waals surface area contributed by atoms with E-state index >= 15 is 0 Å². The lowest BCUT2D eigenvalue weighted by atomic mass is 10.00. The fourth-order valence-electron chi connectivity index (χ4n) is 1.97. The Morgan fingerprint density at radius 3 is 2.47 bits per heavy atom. The highest BCUT2D eigenvalue weighted by Gasteiger charge is 2.22. The Labute approximate surface area is 122 Å². The summed E-state index contributed by atoms with van der Waals surface area (Å²) in [5.74, 6) is 1.34. The molecular formula is C16H26ClNO. The lowest BCUT2D eigenvalue weighted by molar-refractivity contribution is 0.107. The van der Waals surface area contributed by atoms with Crippen molar-refractivity contribution in [3.05, 3.63) is 28.3 Å². The molecule has 0 aliphatic rings. The number of halogens is 1. The van der Waals surface area contributed by atoms with Crippen LogP contribution in [0.3, 0.4) is 0 Å². The van der Waals surface area contributed by atoms with Crippen LogP contribution < -0.4 is 10.1 Å². The minimum Gasteiger partial charge on any atom is -0.486 e. The molecule has 0 aromatic heterocycles. The van der Waals surface area contributed by atoms with Gasteiger partial charge in [0.1, 0.15) is 11.4 Å². The van der Waals surface area contributed by atoms with Gasteiger partial charge in [-0.15, -0.1) is 0 Å². The summed E-state index contributed by atoms with van der Waals surface area (Å²) in [5.41, 5.74) is 1.99. The van der Waals surface area contributed by atoms with Crippen molar-refractivity contribution in [1.29, 1.82) is 0 Å². The number of rotatable bonds is 6. The normalized spacial score (nSPS) is 12.0. The SMILES string of the molecule is CCNCC(C)(C)Oc1cc(C)c(Cl)cc1C(C)C. The molecule has 108 valence electrons. The summed E-state index contributed by atoms with van der Waals surface area (Å²) in [6, 6.07) is 4.07. The Kier molecular flexibility index (Phi) is 5.69. The van der Waals surface area contributed by atoms with Gasteiger partial charge in [-0.3, -0.25) is 0 Å². The van der Waals surface area contributed by atoms with Gasteiger partial charge in [-0.2, -0.15) is 0 Å². The maximum atomic E-state index is 6.22. The molecule has 3 heteroatoms. The highest BCUT2D eigenvalue weighted by atomic mass is 35.5. The fraction of sp³-hybridized carbons (Fsp3) is 0.625. The molecule has 19 heavy (non-hydrogen) atoms. The van der Waals surface area contributed by atoms with E-state index in [2.05, 4.69) is 39.9 Å². The van der Waals surface area contributed by atoms with Gasteiger partial charge in [0.25, 0.3) is 0 Å². The molecule has 1 N–H and O–H groups in total. The summed E-state index contributed by atoms with van der Waals surface area (Å²) in [7, 11) is 0. The second-order valence-electron chi connectivity index (χ2n) is 5.94. The third kappa shape index (κ3) is 4.70. The Morgan fingerprint density at radius 2 is 1.95 bits per heavy atom. The maximum Gasteiger partial charge on any atom is 0.124 e. The average molecular weight is 284 g/mol. The molecule has 0 amide bonds. The number of aryl methyl sites for hydroxylation is 1. The van der Waals surface area contributed by atoms with E-state index in [1.807, 2.05) is 19.1 Å². The monoisotopic (exact) mass is 283 g/mol. The Hall–Kier alpha value is -0.730. The lowest BCUT2D eigenvalue weighted by Crippen LogP contribution is -2.40. The molecule has 0 fully saturated rings. The van der Waals surface area contributed by atoms with Crippen LogP contribution in [0.5, 0.6) is 5.75 Å². The van der Waals surface area contributed by atoms with Crippen molar-refractivity contribution in [2.45, 2.75) is 53.1 Å². The van der Waals surface area contributed by atoms with Crippen molar-refractivity contribution in [2.75, 3.05) is 13.1 Å². The zero-order valence-electron chi connectivity index (χ0n) is 12.9. The van der Waals surface area contributed by atoms with Gasteiger partial charge in [-0.05, 0) is 56.5 Å². The van der Waals surface area contributed by atoms with Crippen molar-refractivity contribution < 1.29 is 4.74 Å². The predicted octanol–water partition coefficient (Wildman–Crippen LogP) is 4.54. The van der Waals surface area contributed by atoms with E-state index in [9.17, 15) is 0 Å². The number of benzene rings is 1. The van der Waals surface area contributed by atoms with Crippen LogP contribution in [-0.4, -0.2) is 18.7 Å². The van der Waals surface area contributed by atoms with Crippen LogP contribution in [-0.2, 0) is 0 Å². The molecule has 0 saturated carbocycles. The second kappa shape index (κ2) is 6.62. The first-order chi connectivity index (χ1) is 8.76. The summed E-state index contributed by atoms with van der Waals surface area (Å²) >= 11 is 6.22. The highest BCUT2D eigenvalue weighted by molar-refractivity contribution is 6.31. The molecule has 0 saturated heterocycles. The Morgan fingerprint density at radius 1 is 1.32 bits per heavy atom. The molecule has 0 bridgehead atoms. The molecule has 1 aromatic carbocycles. The van der Waals surface area contributed by atoms with Crippen molar-refractivity contribution in [3.63, 3.8) is 0 Å². The molecule has 0 aliphatic heterocycles. The standard InChI is InChI=1S/C16H26ClNO/c1-7-18-10-16(5,6)19-15-8-12(4)14(17)9-13(15)11(2)3/h8-9,11,18H,7,10H2,1-6H3. The molecule has 1 rings (SSSR count). The van der Waals surface area contributed by atoms with E-state index in [4.69, 9.17) is 16.3 Å². The average Bonchev–Trinajstić information content (AvgIpc) is 2.30. The molecule has 0 heterocycles. The van der Waals surface area contributed by atoms with Gasteiger partial charge in [0.05, 0.1) is 0 Å². The van der Waals surface area contributed by atoms with Crippen LogP contribution in [0.2, 0.25) is 5.02 Å². The largest absolute Gasteiger partial charge is 0.486 e. The van der Waals surface area contributed by atoms with E-state index in [1.54, 1.807) is 0 Å². The smallest absolute Gasteiger partial charge is 0.124 e. The molecule has 0 unspecified atom stereocenters. The lowest BCUT2D eigenvalue weighted by Gasteiger charge is -2.29. The van der Waals surface area contributed by atoms with Crippen LogP contribution in [0.15, 0.2) is 12.1 Å². The third-order valence-electron chi connectivity index (χ3n) is 3.10. The fourth-order valence-corrected chi connectivity index (χ4v) is 2.14. The van der Waals surface area contributed by atoms with Gasteiger partial charge in [0, 0.05) is 11.6 Å². The summed E-state index contributed by atoms with van der Waals surface area (Å²) in [4.78, 5) is 0. The van der Waals surface area contributed by atoms with Crippen molar-refractivity contribution >= 4 is 11.6 Å². The number of hydrogen-bond donors (Lipinski definition) is 1. The first kappa shape index (κ1) is 16.3. The van der Waals surface area contributed by atoms with Gasteiger partial charge in [-0.25, -0.2) is 0 Å². The van der Waals surface area contributed by atoms with Crippen molar-refractivity contribution in [2.24, 2.45) is 0 Å². The molecule has 1 aromatic rings. The van der Waals surface area contributed by atoms with Crippen LogP contribution in [0.25, 0.3) is 0 Å². The Balaban J connectivity index is 3.02. The maximum absolute atomic E-state index is 6.22. The van der Waals surface area contributed by atoms with Gasteiger partial charge in [0.15, 0.2) is 0 Å². The topological polar surface area (TPSA) is 21.3 Å². The van der Waals surface area contributed by atoms with E-state index in [0.717, 1.165) is 29.4 Å². The van der Waals surface area contributed by atoms with E-state index in [0.29, 0.717) is 5.92 Å². The summed E-state index contributed by atoms with van der Waals surface area (Å²) in [6.45, 7) is 14.4. The second-order valence-corrected chi connectivity index (χ2v) is 6.34. The first-order valence-corrected chi connectivity index (χ1v) is 7.34. The van der Waals surface area contributed by atoms with Gasteiger partial charge < -0.3 is 10.1 Å². The number of likely N-dealkylation sites (N-methyl/N-ethyl adjacent to an activating group) is 1. The molecule has 0 aliphatic carbocycles. The Bertz CT molecular complexity index is 427. The molecule has 0 spiro atoms. The zero-order chi connectivity index (χ0) is 14.6. The van der Waals surface area contributed by atoms with Crippen molar-refractivity contribution in [1.82, 2.24) is 5.32 Å². The van der Waals surface area contributed by atoms with E-state index < -0.39 is 0 Å². The molecule has 2 nitrogen and oxygen atoms in total. The van der Waals surface area contributed by atoms with Gasteiger partial charge in [0.2, 0.25) is 0 Å². The first-order valence-electron chi connectivity index (χ1n) is 6.96. The molecular weight excluding hydrogens is 258 g/mol. The number of ether oxygens (including phenoxy) is 1. The van der Waals surface area contributed by atoms with Gasteiger partial charge >= 0.3 is 0 Å².